The third-order valence-corrected chi connectivity index (χ3v) is 11.0. The van der Waals surface area contributed by atoms with E-state index in [1.807, 2.05) is 85.1 Å². The minimum atomic E-state index is -0.221. The zero-order valence-corrected chi connectivity index (χ0v) is 30.3. The Morgan fingerprint density at radius 3 is 1.76 bits per heavy atom. The summed E-state index contributed by atoms with van der Waals surface area (Å²) in [6.45, 7) is 4.65. The Labute approximate surface area is 319 Å². The SMILES string of the molecule is CC1(C)c2cc(-c3cc(-c4cccnc4)cc(-c4nc(-c5ccccc5)nc(-c5ccccc5)n4)c3)ccc2-c2c1ccc1c2ccc2cc(C#N)ccc21. The topological polar surface area (TPSA) is 75.3 Å². The van der Waals surface area contributed by atoms with E-state index in [0.29, 0.717) is 23.0 Å². The molecule has 0 spiro atoms. The smallest absolute Gasteiger partial charge is 0.164 e. The van der Waals surface area contributed by atoms with Crippen LogP contribution in [0.25, 0.3) is 89.1 Å². The van der Waals surface area contributed by atoms with E-state index in [2.05, 4.69) is 97.7 Å². The van der Waals surface area contributed by atoms with Gasteiger partial charge in [-0.25, -0.2) is 15.0 Å². The molecule has 0 atom stereocenters. The number of benzene rings is 7. The minimum Gasteiger partial charge on any atom is -0.264 e. The molecule has 0 N–H and O–H groups in total. The molecule has 2 heterocycles. The summed E-state index contributed by atoms with van der Waals surface area (Å²) in [4.78, 5) is 19.6. The van der Waals surface area contributed by atoms with Crippen molar-refractivity contribution in [2.24, 2.45) is 0 Å². The second-order valence-electron chi connectivity index (χ2n) is 14.7. The molecular formula is C50H33N5. The summed E-state index contributed by atoms with van der Waals surface area (Å²) in [5.41, 5.74) is 12.6. The maximum absolute atomic E-state index is 9.50. The molecule has 5 heteroatoms. The number of pyridine rings is 1. The van der Waals surface area contributed by atoms with E-state index in [4.69, 9.17) is 15.0 Å². The lowest BCUT2D eigenvalue weighted by Gasteiger charge is -2.22. The minimum absolute atomic E-state index is 0.221. The normalized spacial score (nSPS) is 12.7. The fraction of sp³-hybridized carbons (Fsp3) is 0.0600. The Kier molecular flexibility index (Phi) is 7.47. The van der Waals surface area contributed by atoms with Gasteiger partial charge < -0.3 is 0 Å². The van der Waals surface area contributed by atoms with Gasteiger partial charge in [0.15, 0.2) is 17.5 Å². The van der Waals surface area contributed by atoms with Gasteiger partial charge in [0.05, 0.1) is 11.6 Å². The third-order valence-electron chi connectivity index (χ3n) is 11.0. The van der Waals surface area contributed by atoms with Crippen LogP contribution in [-0.4, -0.2) is 19.9 Å². The van der Waals surface area contributed by atoms with Crippen molar-refractivity contribution in [3.8, 4) is 73.6 Å². The van der Waals surface area contributed by atoms with Crippen LogP contribution in [0.4, 0.5) is 0 Å². The Bertz CT molecular complexity index is 2940. The molecule has 0 aliphatic heterocycles. The highest BCUT2D eigenvalue weighted by molar-refractivity contribution is 6.14. The van der Waals surface area contributed by atoms with Crippen LogP contribution in [0.15, 0.2) is 164 Å². The number of rotatable bonds is 5. The largest absolute Gasteiger partial charge is 0.264 e. The number of hydrogen-bond donors (Lipinski definition) is 0. The summed E-state index contributed by atoms with van der Waals surface area (Å²) in [6, 6.07) is 54.9. The van der Waals surface area contributed by atoms with Gasteiger partial charge in [-0.15, -0.1) is 0 Å². The molecule has 5 nitrogen and oxygen atoms in total. The third kappa shape index (κ3) is 5.47. The van der Waals surface area contributed by atoms with Crippen molar-refractivity contribution in [1.82, 2.24) is 19.9 Å². The predicted octanol–water partition coefficient (Wildman–Crippen LogP) is 12.1. The molecule has 1 aliphatic rings. The van der Waals surface area contributed by atoms with E-state index in [0.717, 1.165) is 49.7 Å². The van der Waals surface area contributed by atoms with Gasteiger partial charge in [0, 0.05) is 40.1 Å². The Hall–Kier alpha value is -7.29. The molecule has 0 saturated carbocycles. The van der Waals surface area contributed by atoms with Crippen LogP contribution < -0.4 is 0 Å². The molecular weight excluding hydrogens is 671 g/mol. The van der Waals surface area contributed by atoms with Crippen LogP contribution in [0.1, 0.15) is 30.5 Å². The summed E-state index contributed by atoms with van der Waals surface area (Å²) >= 11 is 0. The highest BCUT2D eigenvalue weighted by atomic mass is 15.0. The lowest BCUT2D eigenvalue weighted by Crippen LogP contribution is -2.15. The van der Waals surface area contributed by atoms with Crippen LogP contribution in [0.3, 0.4) is 0 Å². The van der Waals surface area contributed by atoms with E-state index in [9.17, 15) is 5.26 Å². The monoisotopic (exact) mass is 703 g/mol. The van der Waals surface area contributed by atoms with Crippen molar-refractivity contribution in [1.29, 1.82) is 5.26 Å². The van der Waals surface area contributed by atoms with Crippen molar-refractivity contribution in [2.45, 2.75) is 19.3 Å². The van der Waals surface area contributed by atoms with E-state index >= 15 is 0 Å². The fourth-order valence-corrected chi connectivity index (χ4v) is 8.19. The molecule has 1 aliphatic carbocycles. The van der Waals surface area contributed by atoms with Gasteiger partial charge in [0.1, 0.15) is 0 Å². The highest BCUT2D eigenvalue weighted by Gasteiger charge is 2.37. The predicted molar refractivity (Wildman–Crippen MR) is 222 cm³/mol. The molecule has 0 radical (unpaired) electrons. The van der Waals surface area contributed by atoms with Gasteiger partial charge in [-0.05, 0) is 103 Å². The first-order valence-electron chi connectivity index (χ1n) is 18.4. The first kappa shape index (κ1) is 32.4. The summed E-state index contributed by atoms with van der Waals surface area (Å²) in [6.07, 6.45) is 3.70. The molecule has 55 heavy (non-hydrogen) atoms. The van der Waals surface area contributed by atoms with Crippen LogP contribution in [0.5, 0.6) is 0 Å². The average molecular weight is 704 g/mol. The second kappa shape index (κ2) is 12.7. The zero-order chi connectivity index (χ0) is 37.1. The Morgan fingerprint density at radius 1 is 0.473 bits per heavy atom. The molecule has 9 aromatic rings. The van der Waals surface area contributed by atoms with E-state index in [1.54, 1.807) is 6.20 Å². The van der Waals surface area contributed by atoms with Crippen molar-refractivity contribution in [3.63, 3.8) is 0 Å². The van der Waals surface area contributed by atoms with Gasteiger partial charge in [-0.2, -0.15) is 5.26 Å². The molecule has 10 rings (SSSR count). The summed E-state index contributed by atoms with van der Waals surface area (Å²) in [5.74, 6) is 1.86. The molecule has 258 valence electrons. The van der Waals surface area contributed by atoms with Crippen LogP contribution in [0, 0.1) is 11.3 Å². The van der Waals surface area contributed by atoms with E-state index in [-0.39, 0.29) is 5.41 Å². The number of nitrogens with zero attached hydrogens (tertiary/aromatic N) is 5. The summed E-state index contributed by atoms with van der Waals surface area (Å²) < 4.78 is 0. The van der Waals surface area contributed by atoms with Gasteiger partial charge >= 0.3 is 0 Å². The summed E-state index contributed by atoms with van der Waals surface area (Å²) in [7, 11) is 0. The average Bonchev–Trinajstić information content (AvgIpc) is 3.49. The molecule has 0 saturated heterocycles. The lowest BCUT2D eigenvalue weighted by atomic mass is 9.81. The van der Waals surface area contributed by atoms with Gasteiger partial charge in [-0.3, -0.25) is 4.98 Å². The molecule has 7 aromatic carbocycles. The highest BCUT2D eigenvalue weighted by Crippen LogP contribution is 2.53. The molecule has 0 unspecified atom stereocenters. The zero-order valence-electron chi connectivity index (χ0n) is 30.3. The molecule has 0 amide bonds. The number of nitriles is 1. The maximum atomic E-state index is 9.50. The van der Waals surface area contributed by atoms with Crippen LogP contribution in [-0.2, 0) is 5.41 Å². The first-order chi connectivity index (χ1) is 26.9. The fourth-order valence-electron chi connectivity index (χ4n) is 8.19. The number of hydrogen-bond acceptors (Lipinski definition) is 5. The van der Waals surface area contributed by atoms with Crippen LogP contribution in [0.2, 0.25) is 0 Å². The van der Waals surface area contributed by atoms with E-state index in [1.165, 1.54) is 33.0 Å². The van der Waals surface area contributed by atoms with Gasteiger partial charge in [0.2, 0.25) is 0 Å². The van der Waals surface area contributed by atoms with Crippen molar-refractivity contribution >= 4 is 21.5 Å². The standard InChI is InChI=1S/C50H33N5/c1-50(2)44-22-21-41-40-18-15-31(29-51)24-35(40)17-19-42(41)46(44)43-20-16-34(28-45(43)50)37-25-38(36-14-9-23-52-30-36)27-39(26-37)49-54-47(32-10-5-3-6-11-32)53-48(55-49)33-12-7-4-8-13-33/h3-28,30H,1-2H3. The second-order valence-corrected chi connectivity index (χ2v) is 14.7. The first-order valence-corrected chi connectivity index (χ1v) is 18.4. The van der Waals surface area contributed by atoms with Crippen LogP contribution >= 0.6 is 0 Å². The van der Waals surface area contributed by atoms with Crippen molar-refractivity contribution < 1.29 is 0 Å². The van der Waals surface area contributed by atoms with E-state index < -0.39 is 0 Å². The maximum Gasteiger partial charge on any atom is 0.164 e. The van der Waals surface area contributed by atoms with Crippen molar-refractivity contribution in [3.05, 3.63) is 181 Å². The summed E-state index contributed by atoms with van der Waals surface area (Å²) in [5, 5.41) is 14.2. The Balaban J connectivity index is 1.15. The molecule has 0 fully saturated rings. The van der Waals surface area contributed by atoms with Crippen molar-refractivity contribution in [2.75, 3.05) is 0 Å². The number of fused-ring (bicyclic) bond motifs is 7. The number of aromatic nitrogens is 4. The molecule has 2 aromatic heterocycles. The quantitative estimate of drug-likeness (QED) is 0.167. The molecule has 0 bridgehead atoms. The van der Waals surface area contributed by atoms with Gasteiger partial charge in [0.25, 0.3) is 0 Å². The van der Waals surface area contributed by atoms with Gasteiger partial charge in [-0.1, -0.05) is 123 Å². The Morgan fingerprint density at radius 2 is 1.09 bits per heavy atom. The lowest BCUT2D eigenvalue weighted by molar-refractivity contribution is 0.661.